The Labute approximate surface area is 93.2 Å². The van der Waals surface area contributed by atoms with Gasteiger partial charge in [0.05, 0.1) is 10.6 Å². The molecule has 0 saturated carbocycles. The molecular weight excluding hydrogens is 273 g/mol. The zero-order valence-electron chi connectivity index (χ0n) is 7.25. The highest BCUT2D eigenvalue weighted by Crippen LogP contribution is 2.22. The molecule has 14 heavy (non-hydrogen) atoms. The van der Waals surface area contributed by atoms with Gasteiger partial charge in [-0.05, 0) is 22.9 Å². The molecule has 0 aliphatic rings. The second-order valence-electron chi connectivity index (χ2n) is 2.57. The standard InChI is InChI=1S/C8H7BrClNO3/c1-2-11-3-4(8(13)14)6(10)5(9)7(11)12/h3H,2H2,1H3,(H,13,14). The topological polar surface area (TPSA) is 59.3 Å². The first-order valence-corrected chi connectivity index (χ1v) is 4.97. The van der Waals surface area contributed by atoms with E-state index in [2.05, 4.69) is 15.9 Å². The van der Waals surface area contributed by atoms with Gasteiger partial charge in [0.15, 0.2) is 0 Å². The summed E-state index contributed by atoms with van der Waals surface area (Å²) in [6.45, 7) is 2.14. The highest BCUT2D eigenvalue weighted by Gasteiger charge is 2.16. The number of aromatic carboxylic acids is 1. The van der Waals surface area contributed by atoms with Crippen LogP contribution in [0.15, 0.2) is 15.5 Å². The van der Waals surface area contributed by atoms with Crippen LogP contribution in [0.25, 0.3) is 0 Å². The third kappa shape index (κ3) is 1.83. The van der Waals surface area contributed by atoms with Crippen LogP contribution >= 0.6 is 27.5 Å². The molecule has 1 heterocycles. The fourth-order valence-electron chi connectivity index (χ4n) is 0.993. The van der Waals surface area contributed by atoms with Gasteiger partial charge < -0.3 is 9.67 Å². The van der Waals surface area contributed by atoms with Gasteiger partial charge in [-0.1, -0.05) is 11.6 Å². The first-order valence-electron chi connectivity index (χ1n) is 3.80. The van der Waals surface area contributed by atoms with Crippen LogP contribution in [-0.2, 0) is 6.54 Å². The van der Waals surface area contributed by atoms with Crippen molar-refractivity contribution in [3.05, 3.63) is 31.6 Å². The lowest BCUT2D eigenvalue weighted by molar-refractivity contribution is 0.0696. The third-order valence-corrected chi connectivity index (χ3v) is 3.09. The first kappa shape index (κ1) is 11.3. The van der Waals surface area contributed by atoms with Gasteiger partial charge in [-0.2, -0.15) is 0 Å². The van der Waals surface area contributed by atoms with Crippen LogP contribution in [0, 0.1) is 0 Å². The van der Waals surface area contributed by atoms with Gasteiger partial charge >= 0.3 is 5.97 Å². The molecule has 0 spiro atoms. The average molecular weight is 281 g/mol. The van der Waals surface area contributed by atoms with E-state index in [1.807, 2.05) is 0 Å². The van der Waals surface area contributed by atoms with Gasteiger partial charge in [-0.15, -0.1) is 0 Å². The van der Waals surface area contributed by atoms with Crippen LogP contribution < -0.4 is 5.56 Å². The molecule has 0 atom stereocenters. The largest absolute Gasteiger partial charge is 0.478 e. The maximum Gasteiger partial charge on any atom is 0.338 e. The van der Waals surface area contributed by atoms with Gasteiger partial charge in [-0.25, -0.2) is 4.79 Å². The smallest absolute Gasteiger partial charge is 0.338 e. The first-order chi connectivity index (χ1) is 6.49. The van der Waals surface area contributed by atoms with E-state index in [0.29, 0.717) is 6.54 Å². The van der Waals surface area contributed by atoms with E-state index in [1.54, 1.807) is 6.92 Å². The Kier molecular flexibility index (Phi) is 3.34. The summed E-state index contributed by atoms with van der Waals surface area (Å²) >= 11 is 8.64. The minimum atomic E-state index is -1.15. The van der Waals surface area contributed by atoms with Crippen molar-refractivity contribution in [3.8, 4) is 0 Å². The summed E-state index contributed by atoms with van der Waals surface area (Å²) in [5, 5.41) is 8.72. The zero-order chi connectivity index (χ0) is 10.9. The molecule has 0 fully saturated rings. The molecule has 76 valence electrons. The van der Waals surface area contributed by atoms with Crippen molar-refractivity contribution in [3.63, 3.8) is 0 Å². The molecule has 0 aliphatic heterocycles. The molecule has 4 nitrogen and oxygen atoms in total. The fourth-order valence-corrected chi connectivity index (χ4v) is 1.65. The van der Waals surface area contributed by atoms with E-state index < -0.39 is 5.97 Å². The van der Waals surface area contributed by atoms with E-state index in [0.717, 1.165) is 0 Å². The molecule has 0 bridgehead atoms. The number of halogens is 2. The number of carboxylic acid groups (broad SMARTS) is 1. The number of carbonyl (C=O) groups is 1. The quantitative estimate of drug-likeness (QED) is 0.901. The Balaban J connectivity index is 3.57. The predicted octanol–water partition coefficient (Wildman–Crippen LogP) is 1.98. The molecule has 0 unspecified atom stereocenters. The van der Waals surface area contributed by atoms with Gasteiger partial charge in [-0.3, -0.25) is 4.79 Å². The van der Waals surface area contributed by atoms with E-state index >= 15 is 0 Å². The Morgan fingerprint density at radius 1 is 1.71 bits per heavy atom. The molecule has 0 aromatic carbocycles. The molecule has 0 saturated heterocycles. The SMILES string of the molecule is CCn1cc(C(=O)O)c(Cl)c(Br)c1=O. The normalized spacial score (nSPS) is 10.2. The van der Waals surface area contributed by atoms with Crippen LogP contribution in [0.3, 0.4) is 0 Å². The minimum absolute atomic E-state index is 0.0628. The highest BCUT2D eigenvalue weighted by molar-refractivity contribution is 9.10. The maximum absolute atomic E-state index is 11.4. The molecule has 1 rings (SSSR count). The van der Waals surface area contributed by atoms with E-state index in [1.165, 1.54) is 10.8 Å². The van der Waals surface area contributed by atoms with Crippen molar-refractivity contribution in [2.45, 2.75) is 13.5 Å². The average Bonchev–Trinajstić information content (AvgIpc) is 2.14. The summed E-state index contributed by atoms with van der Waals surface area (Å²) in [6, 6.07) is 0. The number of pyridine rings is 1. The summed E-state index contributed by atoms with van der Waals surface area (Å²) in [6.07, 6.45) is 1.23. The summed E-state index contributed by atoms with van der Waals surface area (Å²) in [7, 11) is 0. The van der Waals surface area contributed by atoms with Crippen LogP contribution in [0.1, 0.15) is 17.3 Å². The van der Waals surface area contributed by atoms with Crippen molar-refractivity contribution in [1.29, 1.82) is 0 Å². The van der Waals surface area contributed by atoms with E-state index in [9.17, 15) is 9.59 Å². The van der Waals surface area contributed by atoms with Crippen molar-refractivity contribution in [2.24, 2.45) is 0 Å². The van der Waals surface area contributed by atoms with Gasteiger partial charge in [0.2, 0.25) is 0 Å². The van der Waals surface area contributed by atoms with Crippen LogP contribution in [0.2, 0.25) is 5.02 Å². The molecule has 1 N–H and O–H groups in total. The van der Waals surface area contributed by atoms with E-state index in [4.69, 9.17) is 16.7 Å². The van der Waals surface area contributed by atoms with Gasteiger partial charge in [0.25, 0.3) is 5.56 Å². The number of aromatic nitrogens is 1. The lowest BCUT2D eigenvalue weighted by atomic mass is 10.3. The molecule has 0 aliphatic carbocycles. The zero-order valence-corrected chi connectivity index (χ0v) is 9.59. The summed E-state index contributed by atoms with van der Waals surface area (Å²) in [4.78, 5) is 22.2. The molecular formula is C8H7BrClNO3. The molecule has 1 aromatic heterocycles. The summed E-state index contributed by atoms with van der Waals surface area (Å²) in [5.74, 6) is -1.15. The Bertz CT molecular complexity index is 441. The number of rotatable bonds is 2. The number of hydrogen-bond donors (Lipinski definition) is 1. The molecule has 1 aromatic rings. The lowest BCUT2D eigenvalue weighted by Crippen LogP contribution is -2.21. The summed E-state index contributed by atoms with van der Waals surface area (Å²) in [5.41, 5.74) is -0.414. The highest BCUT2D eigenvalue weighted by atomic mass is 79.9. The Morgan fingerprint density at radius 3 is 2.71 bits per heavy atom. The van der Waals surface area contributed by atoms with Crippen molar-refractivity contribution >= 4 is 33.5 Å². The Morgan fingerprint density at radius 2 is 2.29 bits per heavy atom. The van der Waals surface area contributed by atoms with E-state index in [-0.39, 0.29) is 20.6 Å². The Hall–Kier alpha value is -0.810. The molecule has 6 heteroatoms. The van der Waals surface area contributed by atoms with Crippen LogP contribution in [0.5, 0.6) is 0 Å². The van der Waals surface area contributed by atoms with Gasteiger partial charge in [0, 0.05) is 12.7 Å². The number of aryl methyl sites for hydroxylation is 1. The van der Waals surface area contributed by atoms with Gasteiger partial charge in [0.1, 0.15) is 4.47 Å². The maximum atomic E-state index is 11.4. The van der Waals surface area contributed by atoms with Crippen molar-refractivity contribution in [2.75, 3.05) is 0 Å². The molecule has 0 amide bonds. The van der Waals surface area contributed by atoms with Crippen molar-refractivity contribution < 1.29 is 9.90 Å². The lowest BCUT2D eigenvalue weighted by Gasteiger charge is -2.06. The van der Waals surface area contributed by atoms with Crippen molar-refractivity contribution in [1.82, 2.24) is 4.57 Å². The number of nitrogens with zero attached hydrogens (tertiary/aromatic N) is 1. The second-order valence-corrected chi connectivity index (χ2v) is 3.74. The number of hydrogen-bond acceptors (Lipinski definition) is 2. The minimum Gasteiger partial charge on any atom is -0.478 e. The second kappa shape index (κ2) is 4.14. The molecule has 0 radical (unpaired) electrons. The third-order valence-electron chi connectivity index (χ3n) is 1.73. The number of carboxylic acids is 1. The predicted molar refractivity (Wildman–Crippen MR) is 56.0 cm³/mol. The fraction of sp³-hybridized carbons (Fsp3) is 0.250. The van der Waals surface area contributed by atoms with Crippen LogP contribution in [0.4, 0.5) is 0 Å². The monoisotopic (exact) mass is 279 g/mol. The van der Waals surface area contributed by atoms with Crippen LogP contribution in [-0.4, -0.2) is 15.6 Å². The summed E-state index contributed by atoms with van der Waals surface area (Å²) < 4.78 is 1.36.